The number of rotatable bonds is 4. The molecule has 2 heterocycles. The first-order valence-corrected chi connectivity index (χ1v) is 6.01. The summed E-state index contributed by atoms with van der Waals surface area (Å²) in [6.07, 6.45) is 3.24. The van der Waals surface area contributed by atoms with Crippen LogP contribution in [0.2, 0.25) is 0 Å². The van der Waals surface area contributed by atoms with Gasteiger partial charge >= 0.3 is 5.97 Å². The van der Waals surface area contributed by atoms with Gasteiger partial charge in [-0.1, -0.05) is 5.21 Å². The lowest BCUT2D eigenvalue weighted by Gasteiger charge is -2.05. The molecule has 0 bridgehead atoms. The third-order valence-corrected chi connectivity index (χ3v) is 3.06. The van der Waals surface area contributed by atoms with Gasteiger partial charge in [-0.2, -0.15) is 0 Å². The second kappa shape index (κ2) is 4.76. The molecule has 0 radical (unpaired) electrons. The molecule has 2 aromatic heterocycles. The summed E-state index contributed by atoms with van der Waals surface area (Å²) in [6, 6.07) is 6.44. The number of nitrogens with zero attached hydrogens (tertiary/aromatic N) is 4. The lowest BCUT2D eigenvalue weighted by molar-refractivity contribution is 0.0690. The number of aromatic nitrogens is 4. The van der Waals surface area contributed by atoms with Gasteiger partial charge in [0.1, 0.15) is 5.82 Å². The summed E-state index contributed by atoms with van der Waals surface area (Å²) >= 11 is 0. The van der Waals surface area contributed by atoms with E-state index in [4.69, 9.17) is 5.11 Å². The van der Waals surface area contributed by atoms with Crippen LogP contribution in [-0.4, -0.2) is 30.6 Å². The van der Waals surface area contributed by atoms with Crippen LogP contribution in [0.4, 0.5) is 4.39 Å². The summed E-state index contributed by atoms with van der Waals surface area (Å²) in [6.45, 7) is 1.08. The van der Waals surface area contributed by atoms with Gasteiger partial charge in [0, 0.05) is 23.6 Å². The fraction of sp³-hybridized carbons (Fsp3) is 0.154. The van der Waals surface area contributed by atoms with Crippen LogP contribution in [0.25, 0.3) is 10.9 Å². The van der Waals surface area contributed by atoms with Gasteiger partial charge in [0.05, 0.1) is 12.7 Å². The Morgan fingerprint density at radius 2 is 2.15 bits per heavy atom. The monoisotopic (exact) mass is 274 g/mol. The molecule has 0 atom stereocenters. The second-order valence-electron chi connectivity index (χ2n) is 4.38. The van der Waals surface area contributed by atoms with Crippen molar-refractivity contribution in [3.63, 3.8) is 0 Å². The molecule has 0 saturated carbocycles. The maximum atomic E-state index is 13.1. The van der Waals surface area contributed by atoms with Gasteiger partial charge < -0.3 is 9.67 Å². The molecule has 0 spiro atoms. The molecule has 3 rings (SSSR count). The number of carboxylic acid groups (broad SMARTS) is 1. The molecular weight excluding hydrogens is 263 g/mol. The third kappa shape index (κ3) is 2.25. The first kappa shape index (κ1) is 12.3. The van der Waals surface area contributed by atoms with Gasteiger partial charge in [0.15, 0.2) is 5.69 Å². The first-order valence-electron chi connectivity index (χ1n) is 6.01. The maximum Gasteiger partial charge on any atom is 0.358 e. The molecule has 0 amide bonds. The molecule has 6 nitrogen and oxygen atoms in total. The minimum atomic E-state index is -1.10. The molecule has 0 aliphatic carbocycles. The normalized spacial score (nSPS) is 11.1. The smallest absolute Gasteiger partial charge is 0.358 e. The van der Waals surface area contributed by atoms with Crippen molar-refractivity contribution in [1.29, 1.82) is 0 Å². The Hall–Kier alpha value is -2.70. The van der Waals surface area contributed by atoms with E-state index in [-0.39, 0.29) is 11.5 Å². The third-order valence-electron chi connectivity index (χ3n) is 3.06. The van der Waals surface area contributed by atoms with Crippen molar-refractivity contribution in [1.82, 2.24) is 19.6 Å². The SMILES string of the molecule is O=C(O)c1cn(CCn2ccc3cc(F)ccc32)nn1. The molecule has 102 valence electrons. The summed E-state index contributed by atoms with van der Waals surface area (Å²) in [5.41, 5.74) is 0.842. The molecule has 0 unspecified atom stereocenters. The predicted octanol–water partition coefficient (Wildman–Crippen LogP) is 1.77. The molecule has 1 N–H and O–H groups in total. The first-order chi connectivity index (χ1) is 9.63. The molecule has 0 fully saturated rings. The summed E-state index contributed by atoms with van der Waals surface area (Å²) in [4.78, 5) is 10.7. The molecular formula is C13H11FN4O2. The Bertz CT molecular complexity index is 778. The van der Waals surface area contributed by atoms with Crippen LogP contribution >= 0.6 is 0 Å². The lowest BCUT2D eigenvalue weighted by atomic mass is 10.2. The van der Waals surface area contributed by atoms with Crippen molar-refractivity contribution in [2.24, 2.45) is 0 Å². The van der Waals surface area contributed by atoms with Crippen LogP contribution in [0.3, 0.4) is 0 Å². The van der Waals surface area contributed by atoms with E-state index in [1.807, 2.05) is 16.8 Å². The number of fused-ring (bicyclic) bond motifs is 1. The maximum absolute atomic E-state index is 13.1. The number of benzene rings is 1. The second-order valence-corrected chi connectivity index (χ2v) is 4.38. The van der Waals surface area contributed by atoms with Gasteiger partial charge in [-0.05, 0) is 24.3 Å². The Balaban J connectivity index is 1.77. The lowest BCUT2D eigenvalue weighted by Crippen LogP contribution is -2.07. The standard InChI is InChI=1S/C13H11FN4O2/c14-10-1-2-12-9(7-10)3-4-17(12)5-6-18-8-11(13(19)20)15-16-18/h1-4,7-8H,5-6H2,(H,19,20). The van der Waals surface area contributed by atoms with Crippen LogP contribution in [0.1, 0.15) is 10.5 Å². The Labute approximate surface area is 113 Å². The van der Waals surface area contributed by atoms with E-state index in [0.717, 1.165) is 10.9 Å². The minimum absolute atomic E-state index is 0.0792. The fourth-order valence-corrected chi connectivity index (χ4v) is 2.08. The predicted molar refractivity (Wildman–Crippen MR) is 68.9 cm³/mol. The van der Waals surface area contributed by atoms with E-state index in [0.29, 0.717) is 13.1 Å². The minimum Gasteiger partial charge on any atom is -0.476 e. The highest BCUT2D eigenvalue weighted by atomic mass is 19.1. The molecule has 0 saturated heterocycles. The number of aryl methyl sites for hydroxylation is 2. The summed E-state index contributed by atoms with van der Waals surface area (Å²) in [7, 11) is 0. The van der Waals surface area contributed by atoms with Crippen LogP contribution in [0.15, 0.2) is 36.7 Å². The van der Waals surface area contributed by atoms with E-state index < -0.39 is 5.97 Å². The molecule has 1 aromatic carbocycles. The van der Waals surface area contributed by atoms with Gasteiger partial charge in [-0.15, -0.1) is 5.10 Å². The van der Waals surface area contributed by atoms with E-state index in [2.05, 4.69) is 10.3 Å². The number of carbonyl (C=O) groups is 1. The van der Waals surface area contributed by atoms with Crippen molar-refractivity contribution in [2.75, 3.05) is 0 Å². The molecule has 3 aromatic rings. The van der Waals surface area contributed by atoms with Crippen molar-refractivity contribution in [3.05, 3.63) is 48.2 Å². The largest absolute Gasteiger partial charge is 0.476 e. The summed E-state index contributed by atoms with van der Waals surface area (Å²) in [5.74, 6) is -1.37. The molecule has 0 aliphatic heterocycles. The highest BCUT2D eigenvalue weighted by molar-refractivity contribution is 5.84. The number of aromatic carboxylic acids is 1. The van der Waals surface area contributed by atoms with Crippen LogP contribution in [0, 0.1) is 5.82 Å². The zero-order chi connectivity index (χ0) is 14.1. The summed E-state index contributed by atoms with van der Waals surface area (Å²) < 4.78 is 16.5. The Morgan fingerprint density at radius 1 is 1.30 bits per heavy atom. The van der Waals surface area contributed by atoms with Crippen molar-refractivity contribution in [3.8, 4) is 0 Å². The number of halogens is 1. The van der Waals surface area contributed by atoms with Crippen molar-refractivity contribution >= 4 is 16.9 Å². The highest BCUT2D eigenvalue weighted by Gasteiger charge is 2.08. The number of hydrogen-bond acceptors (Lipinski definition) is 3. The van der Waals surface area contributed by atoms with Crippen LogP contribution in [-0.2, 0) is 13.1 Å². The average molecular weight is 274 g/mol. The van der Waals surface area contributed by atoms with Crippen molar-refractivity contribution in [2.45, 2.75) is 13.1 Å². The van der Waals surface area contributed by atoms with E-state index in [9.17, 15) is 9.18 Å². The summed E-state index contributed by atoms with van der Waals surface area (Å²) in [5, 5.41) is 16.9. The van der Waals surface area contributed by atoms with E-state index in [1.54, 1.807) is 6.07 Å². The molecule has 7 heteroatoms. The van der Waals surface area contributed by atoms with E-state index >= 15 is 0 Å². The van der Waals surface area contributed by atoms with Gasteiger partial charge in [0.2, 0.25) is 0 Å². The molecule has 20 heavy (non-hydrogen) atoms. The zero-order valence-electron chi connectivity index (χ0n) is 10.4. The van der Waals surface area contributed by atoms with Crippen LogP contribution < -0.4 is 0 Å². The van der Waals surface area contributed by atoms with Crippen molar-refractivity contribution < 1.29 is 14.3 Å². The van der Waals surface area contributed by atoms with Crippen LogP contribution in [0.5, 0.6) is 0 Å². The number of carboxylic acids is 1. The highest BCUT2D eigenvalue weighted by Crippen LogP contribution is 2.17. The number of hydrogen-bond donors (Lipinski definition) is 1. The average Bonchev–Trinajstić information content (AvgIpc) is 3.02. The Morgan fingerprint density at radius 3 is 2.90 bits per heavy atom. The van der Waals surface area contributed by atoms with E-state index in [1.165, 1.54) is 23.0 Å². The topological polar surface area (TPSA) is 72.9 Å². The van der Waals surface area contributed by atoms with Gasteiger partial charge in [-0.25, -0.2) is 13.9 Å². The van der Waals surface area contributed by atoms with Gasteiger partial charge in [0.25, 0.3) is 0 Å². The quantitative estimate of drug-likeness (QED) is 0.787. The van der Waals surface area contributed by atoms with Gasteiger partial charge in [-0.3, -0.25) is 0 Å². The fourth-order valence-electron chi connectivity index (χ4n) is 2.08. The molecule has 0 aliphatic rings. The Kier molecular flexibility index (Phi) is 2.94. The zero-order valence-corrected chi connectivity index (χ0v) is 10.4.